The summed E-state index contributed by atoms with van der Waals surface area (Å²) in [5, 5.41) is 21.6. The van der Waals surface area contributed by atoms with Gasteiger partial charge in [-0.05, 0) is 50.6 Å². The van der Waals surface area contributed by atoms with Crippen molar-refractivity contribution < 1.29 is 5.11 Å². The van der Waals surface area contributed by atoms with Gasteiger partial charge in [-0.25, -0.2) is 9.97 Å². The SMILES string of the molecule is CSc1nc(-n2c(C)cc3c(C#N)cccc32)nc2c1CCC[C@@H]2O. The first kappa shape index (κ1) is 16.1. The largest absolute Gasteiger partial charge is 0.387 e. The summed E-state index contributed by atoms with van der Waals surface area (Å²) in [5.74, 6) is 0.562. The molecule has 0 bridgehead atoms. The van der Waals surface area contributed by atoms with Crippen LogP contribution in [0.1, 0.15) is 41.5 Å². The number of fused-ring (bicyclic) bond motifs is 2. The number of rotatable bonds is 2. The number of nitriles is 1. The fraction of sp³-hybridized carbons (Fsp3) is 0.316. The summed E-state index contributed by atoms with van der Waals surface area (Å²) in [6.07, 6.45) is 4.07. The van der Waals surface area contributed by atoms with E-state index in [0.29, 0.717) is 11.5 Å². The van der Waals surface area contributed by atoms with Crippen molar-refractivity contribution in [1.29, 1.82) is 5.26 Å². The standard InChI is InChI=1S/C19H18N4OS/c1-11-9-14-12(10-20)5-3-7-15(14)23(11)19-21-17-13(18(22-19)25-2)6-4-8-16(17)24/h3,5,7,9,16,24H,4,6,8H2,1-2H3/t16-/m0/s1. The normalized spacial score (nSPS) is 16.6. The molecule has 1 N–H and O–H groups in total. The lowest BCUT2D eigenvalue weighted by atomic mass is 9.95. The summed E-state index contributed by atoms with van der Waals surface area (Å²) in [4.78, 5) is 9.49. The van der Waals surface area contributed by atoms with Crippen LogP contribution in [0.15, 0.2) is 29.3 Å². The summed E-state index contributed by atoms with van der Waals surface area (Å²) in [6.45, 7) is 1.99. The molecule has 0 spiro atoms. The van der Waals surface area contributed by atoms with E-state index in [0.717, 1.165) is 52.1 Å². The summed E-state index contributed by atoms with van der Waals surface area (Å²) in [6, 6.07) is 9.90. The van der Waals surface area contributed by atoms with Crippen LogP contribution in [0.3, 0.4) is 0 Å². The third-order valence-electron chi connectivity index (χ3n) is 4.75. The Morgan fingerprint density at radius 2 is 2.20 bits per heavy atom. The van der Waals surface area contributed by atoms with Crippen LogP contribution in [0.5, 0.6) is 0 Å². The topological polar surface area (TPSA) is 74.7 Å². The van der Waals surface area contributed by atoms with E-state index < -0.39 is 6.10 Å². The highest BCUT2D eigenvalue weighted by Gasteiger charge is 2.25. The van der Waals surface area contributed by atoms with E-state index in [9.17, 15) is 10.4 Å². The number of thioether (sulfide) groups is 1. The molecule has 4 rings (SSSR count). The first-order valence-corrected chi connectivity index (χ1v) is 9.51. The lowest BCUT2D eigenvalue weighted by Gasteiger charge is -2.23. The molecule has 6 heteroatoms. The van der Waals surface area contributed by atoms with E-state index in [1.165, 1.54) is 0 Å². The first-order valence-electron chi connectivity index (χ1n) is 8.28. The van der Waals surface area contributed by atoms with Crippen LogP contribution in [0.4, 0.5) is 0 Å². The smallest absolute Gasteiger partial charge is 0.235 e. The van der Waals surface area contributed by atoms with Crippen LogP contribution in [-0.2, 0) is 6.42 Å². The molecule has 0 unspecified atom stereocenters. The van der Waals surface area contributed by atoms with Gasteiger partial charge in [-0.15, -0.1) is 11.8 Å². The first-order chi connectivity index (χ1) is 12.1. The lowest BCUT2D eigenvalue weighted by Crippen LogP contribution is -2.17. The Hall–Kier alpha value is -2.36. The molecule has 1 aromatic carbocycles. The van der Waals surface area contributed by atoms with Gasteiger partial charge in [0.25, 0.3) is 0 Å². The Kier molecular flexibility index (Phi) is 3.98. The van der Waals surface area contributed by atoms with E-state index in [4.69, 9.17) is 9.97 Å². The molecule has 1 aliphatic rings. The molecule has 0 radical (unpaired) electrons. The minimum atomic E-state index is -0.534. The van der Waals surface area contributed by atoms with Gasteiger partial charge in [-0.2, -0.15) is 5.26 Å². The Morgan fingerprint density at radius 3 is 2.96 bits per heavy atom. The molecule has 0 saturated carbocycles. The average molecular weight is 350 g/mol. The molecule has 0 amide bonds. The van der Waals surface area contributed by atoms with Crippen molar-refractivity contribution in [3.05, 3.63) is 46.8 Å². The second kappa shape index (κ2) is 6.17. The average Bonchev–Trinajstić information content (AvgIpc) is 2.97. The van der Waals surface area contributed by atoms with Crippen LogP contribution in [0.25, 0.3) is 16.9 Å². The minimum absolute atomic E-state index is 0.534. The molecule has 2 aromatic heterocycles. The van der Waals surface area contributed by atoms with Crippen molar-refractivity contribution in [2.45, 2.75) is 37.3 Å². The molecule has 25 heavy (non-hydrogen) atoms. The molecule has 1 aliphatic carbocycles. The predicted molar refractivity (Wildman–Crippen MR) is 98.0 cm³/mol. The van der Waals surface area contributed by atoms with Crippen molar-refractivity contribution in [2.75, 3.05) is 6.26 Å². The maximum absolute atomic E-state index is 10.4. The number of nitrogens with zero attached hydrogens (tertiary/aromatic N) is 4. The molecule has 0 saturated heterocycles. The van der Waals surface area contributed by atoms with Gasteiger partial charge >= 0.3 is 0 Å². The molecule has 0 aliphatic heterocycles. The number of hydrogen-bond acceptors (Lipinski definition) is 5. The van der Waals surface area contributed by atoms with Crippen molar-refractivity contribution in [2.24, 2.45) is 0 Å². The van der Waals surface area contributed by atoms with Crippen molar-refractivity contribution in [1.82, 2.24) is 14.5 Å². The molecule has 0 fully saturated rings. The highest BCUT2D eigenvalue weighted by Crippen LogP contribution is 2.34. The van der Waals surface area contributed by atoms with E-state index in [-0.39, 0.29) is 0 Å². The number of aliphatic hydroxyl groups excluding tert-OH is 1. The molecular weight excluding hydrogens is 332 g/mol. The Bertz CT molecular complexity index is 1020. The molecule has 1 atom stereocenters. The quantitative estimate of drug-likeness (QED) is 0.563. The maximum atomic E-state index is 10.4. The van der Waals surface area contributed by atoms with Gasteiger partial charge in [0, 0.05) is 16.6 Å². The Morgan fingerprint density at radius 1 is 1.36 bits per heavy atom. The van der Waals surface area contributed by atoms with Gasteiger partial charge in [0.15, 0.2) is 0 Å². The zero-order valence-corrected chi connectivity index (χ0v) is 15.0. The minimum Gasteiger partial charge on any atom is -0.387 e. The molecule has 3 aromatic rings. The van der Waals surface area contributed by atoms with E-state index >= 15 is 0 Å². The Labute approximate surface area is 150 Å². The molecule has 2 heterocycles. The van der Waals surface area contributed by atoms with Crippen LogP contribution < -0.4 is 0 Å². The fourth-order valence-electron chi connectivity index (χ4n) is 3.58. The highest BCUT2D eigenvalue weighted by atomic mass is 32.2. The lowest BCUT2D eigenvalue weighted by molar-refractivity contribution is 0.150. The van der Waals surface area contributed by atoms with Crippen molar-refractivity contribution in [3.8, 4) is 12.0 Å². The number of aryl methyl sites for hydroxylation is 1. The Balaban J connectivity index is 2.00. The fourth-order valence-corrected chi connectivity index (χ4v) is 4.21. The zero-order valence-electron chi connectivity index (χ0n) is 14.2. The van der Waals surface area contributed by atoms with Gasteiger partial charge in [0.2, 0.25) is 5.95 Å². The summed E-state index contributed by atoms with van der Waals surface area (Å²) in [5.41, 5.74) is 4.34. The summed E-state index contributed by atoms with van der Waals surface area (Å²) in [7, 11) is 0. The van der Waals surface area contributed by atoms with E-state index in [1.54, 1.807) is 11.8 Å². The molecular formula is C19H18N4OS. The summed E-state index contributed by atoms with van der Waals surface area (Å²) < 4.78 is 1.97. The van der Waals surface area contributed by atoms with Crippen molar-refractivity contribution >= 4 is 22.7 Å². The maximum Gasteiger partial charge on any atom is 0.235 e. The van der Waals surface area contributed by atoms with Crippen LogP contribution in [0, 0.1) is 18.3 Å². The van der Waals surface area contributed by atoms with Gasteiger partial charge in [0.1, 0.15) is 5.03 Å². The number of aromatic nitrogens is 3. The number of hydrogen-bond donors (Lipinski definition) is 1. The second-order valence-corrected chi connectivity index (χ2v) is 7.07. The number of aliphatic hydroxyl groups is 1. The predicted octanol–water partition coefficient (Wildman–Crippen LogP) is 3.69. The van der Waals surface area contributed by atoms with Crippen LogP contribution in [0.2, 0.25) is 0 Å². The van der Waals surface area contributed by atoms with Gasteiger partial charge in [-0.3, -0.25) is 4.57 Å². The molecule has 126 valence electrons. The van der Waals surface area contributed by atoms with E-state index in [2.05, 4.69) is 6.07 Å². The van der Waals surface area contributed by atoms with Gasteiger partial charge in [-0.1, -0.05) is 6.07 Å². The second-order valence-electron chi connectivity index (χ2n) is 6.28. The van der Waals surface area contributed by atoms with Crippen LogP contribution >= 0.6 is 11.8 Å². The molecule has 5 nitrogen and oxygen atoms in total. The number of benzene rings is 1. The monoisotopic (exact) mass is 350 g/mol. The third kappa shape index (κ3) is 2.51. The van der Waals surface area contributed by atoms with E-state index in [1.807, 2.05) is 42.0 Å². The van der Waals surface area contributed by atoms with Crippen molar-refractivity contribution in [3.63, 3.8) is 0 Å². The highest BCUT2D eigenvalue weighted by molar-refractivity contribution is 7.98. The van der Waals surface area contributed by atoms with Gasteiger partial charge < -0.3 is 5.11 Å². The third-order valence-corrected chi connectivity index (χ3v) is 5.48. The summed E-state index contributed by atoms with van der Waals surface area (Å²) >= 11 is 1.59. The zero-order chi connectivity index (χ0) is 17.6. The van der Waals surface area contributed by atoms with Gasteiger partial charge in [0.05, 0.1) is 28.9 Å². The van der Waals surface area contributed by atoms with Crippen LogP contribution in [-0.4, -0.2) is 25.9 Å².